The van der Waals surface area contributed by atoms with Gasteiger partial charge in [-0.05, 0) is 36.8 Å². The van der Waals surface area contributed by atoms with Crippen molar-refractivity contribution in [3.05, 3.63) is 70.3 Å². The Balaban J connectivity index is 2.11. The standard InChI is InChI=1S/C20H17ClF4N2O2/c1-2-10-27(18(29)9-6-12-13(21)4-3-5-14(12)22)11-17(28)26-16-8-7-15(23)19(24)20(16)25/h3-9H,2,10-11H2,1H3,(H,26,28)/b9-6+. The molecule has 0 aromatic heterocycles. The van der Waals surface area contributed by atoms with Gasteiger partial charge in [-0.1, -0.05) is 24.6 Å². The summed E-state index contributed by atoms with van der Waals surface area (Å²) in [5.74, 6) is -6.67. The molecule has 0 atom stereocenters. The Morgan fingerprint density at radius 1 is 1.07 bits per heavy atom. The summed E-state index contributed by atoms with van der Waals surface area (Å²) in [5, 5.41) is 2.21. The van der Waals surface area contributed by atoms with E-state index in [9.17, 15) is 27.2 Å². The van der Waals surface area contributed by atoms with E-state index in [1.807, 2.05) is 0 Å². The van der Waals surface area contributed by atoms with Crippen LogP contribution in [0.4, 0.5) is 23.2 Å². The number of carbonyl (C=O) groups excluding carboxylic acids is 2. The molecule has 1 N–H and O–H groups in total. The second kappa shape index (κ2) is 10.1. The molecule has 0 saturated carbocycles. The number of carbonyl (C=O) groups is 2. The van der Waals surface area contributed by atoms with Gasteiger partial charge in [-0.3, -0.25) is 9.59 Å². The van der Waals surface area contributed by atoms with Crippen molar-refractivity contribution >= 4 is 35.2 Å². The predicted molar refractivity (Wildman–Crippen MR) is 102 cm³/mol. The van der Waals surface area contributed by atoms with Crippen molar-refractivity contribution in [1.82, 2.24) is 4.90 Å². The molecule has 0 aliphatic heterocycles. The van der Waals surface area contributed by atoms with Crippen LogP contribution in [0.15, 0.2) is 36.4 Å². The molecule has 154 valence electrons. The number of hydrogen-bond donors (Lipinski definition) is 1. The largest absolute Gasteiger partial charge is 0.330 e. The van der Waals surface area contributed by atoms with Crippen LogP contribution >= 0.6 is 11.6 Å². The van der Waals surface area contributed by atoms with E-state index in [0.717, 1.165) is 17.0 Å². The maximum Gasteiger partial charge on any atom is 0.247 e. The van der Waals surface area contributed by atoms with Crippen molar-refractivity contribution in [1.29, 1.82) is 0 Å². The maximum atomic E-state index is 13.8. The van der Waals surface area contributed by atoms with Gasteiger partial charge in [-0.2, -0.15) is 0 Å². The fraction of sp³-hybridized carbons (Fsp3) is 0.200. The van der Waals surface area contributed by atoms with Gasteiger partial charge in [0, 0.05) is 18.2 Å². The quantitative estimate of drug-likeness (QED) is 0.392. The maximum absolute atomic E-state index is 13.8. The summed E-state index contributed by atoms with van der Waals surface area (Å²) < 4.78 is 53.7. The zero-order valence-electron chi connectivity index (χ0n) is 15.3. The minimum Gasteiger partial charge on any atom is -0.330 e. The number of anilines is 1. The summed E-state index contributed by atoms with van der Waals surface area (Å²) in [6.07, 6.45) is 2.76. The number of nitrogens with zero attached hydrogens (tertiary/aromatic N) is 1. The molecule has 0 aliphatic carbocycles. The molecule has 2 amide bonds. The van der Waals surface area contributed by atoms with E-state index >= 15 is 0 Å². The van der Waals surface area contributed by atoms with Crippen molar-refractivity contribution in [2.45, 2.75) is 13.3 Å². The van der Waals surface area contributed by atoms with E-state index < -0.39 is 47.3 Å². The molecule has 0 spiro atoms. The molecule has 0 bridgehead atoms. The Bertz CT molecular complexity index is 930. The SMILES string of the molecule is CCCN(CC(=O)Nc1ccc(F)c(F)c1F)C(=O)/C=C/c1c(F)cccc1Cl. The highest BCUT2D eigenvalue weighted by atomic mass is 35.5. The molecule has 0 unspecified atom stereocenters. The van der Waals surface area contributed by atoms with Crippen LogP contribution in [-0.4, -0.2) is 29.8 Å². The average molecular weight is 429 g/mol. The molecule has 2 aromatic carbocycles. The molecular weight excluding hydrogens is 412 g/mol. The molecular formula is C20H17ClF4N2O2. The summed E-state index contributed by atoms with van der Waals surface area (Å²) >= 11 is 5.89. The van der Waals surface area contributed by atoms with Crippen molar-refractivity contribution in [3.8, 4) is 0 Å². The molecule has 0 saturated heterocycles. The third-order valence-corrected chi connectivity index (χ3v) is 4.17. The topological polar surface area (TPSA) is 49.4 Å². The van der Waals surface area contributed by atoms with Crippen LogP contribution in [0.1, 0.15) is 18.9 Å². The molecule has 0 heterocycles. The Hall–Kier alpha value is -2.87. The lowest BCUT2D eigenvalue weighted by Crippen LogP contribution is -2.37. The highest BCUT2D eigenvalue weighted by Crippen LogP contribution is 2.21. The van der Waals surface area contributed by atoms with Gasteiger partial charge < -0.3 is 10.2 Å². The number of amides is 2. The van der Waals surface area contributed by atoms with Gasteiger partial charge in [0.15, 0.2) is 17.5 Å². The smallest absolute Gasteiger partial charge is 0.247 e. The lowest BCUT2D eigenvalue weighted by molar-refractivity contribution is -0.130. The lowest BCUT2D eigenvalue weighted by Gasteiger charge is -2.20. The highest BCUT2D eigenvalue weighted by molar-refractivity contribution is 6.32. The molecule has 0 aliphatic rings. The van der Waals surface area contributed by atoms with Gasteiger partial charge >= 0.3 is 0 Å². The Kier molecular flexibility index (Phi) is 7.78. The molecule has 0 fully saturated rings. The first-order valence-electron chi connectivity index (χ1n) is 8.59. The zero-order chi connectivity index (χ0) is 21.6. The number of rotatable bonds is 7. The van der Waals surface area contributed by atoms with Crippen LogP contribution in [0.3, 0.4) is 0 Å². The zero-order valence-corrected chi connectivity index (χ0v) is 16.1. The van der Waals surface area contributed by atoms with Crippen molar-refractivity contribution in [3.63, 3.8) is 0 Å². The van der Waals surface area contributed by atoms with Gasteiger partial charge in [0.2, 0.25) is 11.8 Å². The highest BCUT2D eigenvalue weighted by Gasteiger charge is 2.18. The molecule has 0 radical (unpaired) electrons. The summed E-state index contributed by atoms with van der Waals surface area (Å²) in [6, 6.07) is 5.61. The third kappa shape index (κ3) is 5.80. The summed E-state index contributed by atoms with van der Waals surface area (Å²) in [4.78, 5) is 25.7. The number of nitrogens with one attached hydrogen (secondary N) is 1. The van der Waals surface area contributed by atoms with Crippen molar-refractivity contribution in [2.75, 3.05) is 18.4 Å². The lowest BCUT2D eigenvalue weighted by atomic mass is 10.2. The molecule has 2 rings (SSSR count). The fourth-order valence-electron chi connectivity index (χ4n) is 2.45. The molecule has 2 aromatic rings. The first-order valence-corrected chi connectivity index (χ1v) is 8.96. The normalized spacial score (nSPS) is 11.0. The summed E-state index contributed by atoms with van der Waals surface area (Å²) in [5.41, 5.74) is -0.529. The van der Waals surface area contributed by atoms with Crippen LogP contribution < -0.4 is 5.32 Å². The number of halogens is 5. The molecule has 9 heteroatoms. The van der Waals surface area contributed by atoms with Gasteiger partial charge in [0.1, 0.15) is 12.4 Å². The summed E-state index contributed by atoms with van der Waals surface area (Å²) in [6.45, 7) is 1.48. The predicted octanol–water partition coefficient (Wildman–Crippen LogP) is 4.79. The van der Waals surface area contributed by atoms with Gasteiger partial charge in [-0.25, -0.2) is 17.6 Å². The number of benzene rings is 2. The van der Waals surface area contributed by atoms with E-state index in [1.54, 1.807) is 6.92 Å². The van der Waals surface area contributed by atoms with E-state index in [0.29, 0.717) is 12.5 Å². The molecule has 4 nitrogen and oxygen atoms in total. The van der Waals surface area contributed by atoms with E-state index in [2.05, 4.69) is 5.32 Å². The second-order valence-electron chi connectivity index (χ2n) is 6.00. The van der Waals surface area contributed by atoms with Crippen LogP contribution in [0.5, 0.6) is 0 Å². The van der Waals surface area contributed by atoms with E-state index in [1.165, 1.54) is 24.3 Å². The first kappa shape index (κ1) is 22.4. The third-order valence-electron chi connectivity index (χ3n) is 3.84. The number of hydrogen-bond acceptors (Lipinski definition) is 2. The van der Waals surface area contributed by atoms with Gasteiger partial charge in [0.05, 0.1) is 10.7 Å². The van der Waals surface area contributed by atoms with E-state index in [4.69, 9.17) is 11.6 Å². The second-order valence-corrected chi connectivity index (χ2v) is 6.41. The van der Waals surface area contributed by atoms with Gasteiger partial charge in [-0.15, -0.1) is 0 Å². The van der Waals surface area contributed by atoms with E-state index in [-0.39, 0.29) is 17.1 Å². The minimum atomic E-state index is -1.71. The van der Waals surface area contributed by atoms with Gasteiger partial charge in [0.25, 0.3) is 0 Å². The van der Waals surface area contributed by atoms with Crippen LogP contribution in [-0.2, 0) is 9.59 Å². The van der Waals surface area contributed by atoms with Crippen LogP contribution in [0.25, 0.3) is 6.08 Å². The van der Waals surface area contributed by atoms with Crippen LogP contribution in [0.2, 0.25) is 5.02 Å². The Labute approximate surface area is 169 Å². The Morgan fingerprint density at radius 2 is 1.79 bits per heavy atom. The molecule has 29 heavy (non-hydrogen) atoms. The monoisotopic (exact) mass is 428 g/mol. The Morgan fingerprint density at radius 3 is 2.45 bits per heavy atom. The minimum absolute atomic E-state index is 0.0206. The summed E-state index contributed by atoms with van der Waals surface area (Å²) in [7, 11) is 0. The van der Waals surface area contributed by atoms with Crippen molar-refractivity contribution in [2.24, 2.45) is 0 Å². The first-order chi connectivity index (χ1) is 13.7. The fourth-order valence-corrected chi connectivity index (χ4v) is 2.68. The average Bonchev–Trinajstić information content (AvgIpc) is 2.67. The van der Waals surface area contributed by atoms with Crippen LogP contribution in [0, 0.1) is 23.3 Å². The van der Waals surface area contributed by atoms with Crippen molar-refractivity contribution < 1.29 is 27.2 Å².